The van der Waals surface area contributed by atoms with Gasteiger partial charge in [0, 0.05) is 17.7 Å². The van der Waals surface area contributed by atoms with Gasteiger partial charge in [0.05, 0.1) is 19.9 Å². The van der Waals surface area contributed by atoms with E-state index in [-0.39, 0.29) is 5.69 Å². The molecule has 134 valence electrons. The van der Waals surface area contributed by atoms with Crippen LogP contribution in [0.1, 0.15) is 21.6 Å². The van der Waals surface area contributed by atoms with E-state index in [4.69, 9.17) is 14.0 Å². The van der Waals surface area contributed by atoms with Crippen molar-refractivity contribution in [2.75, 3.05) is 19.5 Å². The zero-order valence-electron chi connectivity index (χ0n) is 15.1. The number of nitrogens with zero attached hydrogens (tertiary/aromatic N) is 1. The maximum Gasteiger partial charge on any atom is 0.277 e. The number of methoxy groups -OCH3 is 2. The molecular formula is C20H20N2O4. The smallest absolute Gasteiger partial charge is 0.277 e. The lowest BCUT2D eigenvalue weighted by Crippen LogP contribution is -2.13. The Bertz CT molecular complexity index is 947. The van der Waals surface area contributed by atoms with E-state index >= 15 is 0 Å². The number of ether oxygens (including phenoxy) is 2. The molecule has 0 fully saturated rings. The molecule has 0 saturated heterocycles. The van der Waals surface area contributed by atoms with E-state index in [1.165, 1.54) is 12.7 Å². The Hall–Kier alpha value is -3.28. The number of carbonyl (C=O) groups excluding carboxylic acids is 1. The van der Waals surface area contributed by atoms with E-state index in [1.807, 2.05) is 32.0 Å². The first kappa shape index (κ1) is 17.5. The highest BCUT2D eigenvalue weighted by atomic mass is 16.5. The molecule has 0 radical (unpaired) electrons. The molecule has 6 nitrogen and oxygen atoms in total. The lowest BCUT2D eigenvalue weighted by molar-refractivity contribution is 0.101. The van der Waals surface area contributed by atoms with Crippen LogP contribution in [0.3, 0.4) is 0 Å². The predicted molar refractivity (Wildman–Crippen MR) is 98.9 cm³/mol. The fourth-order valence-corrected chi connectivity index (χ4v) is 2.51. The van der Waals surface area contributed by atoms with Crippen LogP contribution in [0.15, 0.2) is 47.0 Å². The van der Waals surface area contributed by atoms with Crippen LogP contribution in [0, 0.1) is 13.8 Å². The lowest BCUT2D eigenvalue weighted by atomic mass is 10.0. The third-order valence-electron chi connectivity index (χ3n) is 4.19. The Morgan fingerprint density at radius 3 is 2.50 bits per heavy atom. The molecule has 3 rings (SSSR count). The molecule has 1 N–H and O–H groups in total. The minimum Gasteiger partial charge on any atom is -0.497 e. The number of carbonyl (C=O) groups is 1. The van der Waals surface area contributed by atoms with Gasteiger partial charge in [0.15, 0.2) is 11.5 Å². The number of benzene rings is 2. The Kier molecular flexibility index (Phi) is 4.93. The Balaban J connectivity index is 1.83. The molecule has 0 aliphatic heterocycles. The van der Waals surface area contributed by atoms with E-state index in [9.17, 15) is 4.79 Å². The van der Waals surface area contributed by atoms with Crippen LogP contribution in [0.25, 0.3) is 11.3 Å². The average Bonchev–Trinajstić information content (AvgIpc) is 3.14. The third-order valence-corrected chi connectivity index (χ3v) is 4.19. The molecule has 3 aromatic rings. The van der Waals surface area contributed by atoms with Gasteiger partial charge in [-0.25, -0.2) is 0 Å². The summed E-state index contributed by atoms with van der Waals surface area (Å²) in [6.07, 6.45) is 0. The van der Waals surface area contributed by atoms with Crippen molar-refractivity contribution in [2.45, 2.75) is 13.8 Å². The van der Waals surface area contributed by atoms with Crippen LogP contribution >= 0.6 is 0 Å². The van der Waals surface area contributed by atoms with E-state index < -0.39 is 5.91 Å². The third kappa shape index (κ3) is 3.54. The molecule has 0 spiro atoms. The summed E-state index contributed by atoms with van der Waals surface area (Å²) >= 11 is 0. The second-order valence-corrected chi connectivity index (χ2v) is 5.90. The molecular weight excluding hydrogens is 332 g/mol. The van der Waals surface area contributed by atoms with Crippen LogP contribution in [0.5, 0.6) is 11.5 Å². The molecule has 0 atom stereocenters. The summed E-state index contributed by atoms with van der Waals surface area (Å²) in [7, 11) is 3.09. The molecule has 0 saturated carbocycles. The van der Waals surface area contributed by atoms with Gasteiger partial charge in [-0.15, -0.1) is 0 Å². The summed E-state index contributed by atoms with van der Waals surface area (Å²) < 4.78 is 15.8. The Morgan fingerprint density at radius 2 is 1.81 bits per heavy atom. The van der Waals surface area contributed by atoms with Gasteiger partial charge in [-0.3, -0.25) is 4.79 Å². The standard InChI is InChI=1S/C20H20N2O4/c1-12-5-6-14(9-13(12)2)19-11-17(22-26-19)20(23)21-16-10-15(24-3)7-8-18(16)25-4/h5-11H,1-4H3,(H,21,23). The molecule has 1 aromatic heterocycles. The van der Waals surface area contributed by atoms with Gasteiger partial charge in [-0.1, -0.05) is 17.3 Å². The van der Waals surface area contributed by atoms with Crippen molar-refractivity contribution in [3.8, 4) is 22.8 Å². The van der Waals surface area contributed by atoms with Gasteiger partial charge >= 0.3 is 0 Å². The summed E-state index contributed by atoms with van der Waals surface area (Å²) in [6, 6.07) is 12.7. The van der Waals surface area contributed by atoms with Gasteiger partial charge in [0.25, 0.3) is 5.91 Å². The van der Waals surface area contributed by atoms with Gasteiger partial charge in [-0.2, -0.15) is 0 Å². The fourth-order valence-electron chi connectivity index (χ4n) is 2.51. The first-order valence-electron chi connectivity index (χ1n) is 8.09. The van der Waals surface area contributed by atoms with Crippen LogP contribution in [0.4, 0.5) is 5.69 Å². The number of anilines is 1. The minimum absolute atomic E-state index is 0.183. The van der Waals surface area contributed by atoms with Crippen LogP contribution in [-0.2, 0) is 0 Å². The molecule has 6 heteroatoms. The number of aryl methyl sites for hydroxylation is 2. The van der Waals surface area contributed by atoms with Gasteiger partial charge in [0.1, 0.15) is 11.5 Å². The van der Waals surface area contributed by atoms with Crippen molar-refractivity contribution in [2.24, 2.45) is 0 Å². The lowest BCUT2D eigenvalue weighted by Gasteiger charge is -2.10. The zero-order valence-corrected chi connectivity index (χ0v) is 15.1. The van der Waals surface area contributed by atoms with Crippen molar-refractivity contribution in [3.05, 3.63) is 59.3 Å². The summed E-state index contributed by atoms with van der Waals surface area (Å²) in [5, 5.41) is 6.65. The second-order valence-electron chi connectivity index (χ2n) is 5.90. The van der Waals surface area contributed by atoms with Crippen LogP contribution < -0.4 is 14.8 Å². The van der Waals surface area contributed by atoms with Gasteiger partial charge in [0.2, 0.25) is 0 Å². The van der Waals surface area contributed by atoms with Gasteiger partial charge < -0.3 is 19.3 Å². The SMILES string of the molecule is COc1ccc(OC)c(NC(=O)c2cc(-c3ccc(C)c(C)c3)on2)c1. The Labute approximate surface area is 151 Å². The molecule has 26 heavy (non-hydrogen) atoms. The molecule has 1 amide bonds. The van der Waals surface area contributed by atoms with Crippen molar-refractivity contribution in [1.29, 1.82) is 0 Å². The maximum absolute atomic E-state index is 12.5. The molecule has 0 unspecified atom stereocenters. The van der Waals surface area contributed by atoms with E-state index in [1.54, 1.807) is 31.4 Å². The summed E-state index contributed by atoms with van der Waals surface area (Å²) in [4.78, 5) is 12.5. The molecule has 1 heterocycles. The number of aromatic nitrogens is 1. The molecule has 2 aromatic carbocycles. The number of nitrogens with one attached hydrogen (secondary N) is 1. The predicted octanol–water partition coefficient (Wildman–Crippen LogP) is 4.23. The first-order valence-corrected chi connectivity index (χ1v) is 8.09. The monoisotopic (exact) mass is 352 g/mol. The van der Waals surface area contributed by atoms with Crippen LogP contribution in [0.2, 0.25) is 0 Å². The second kappa shape index (κ2) is 7.31. The average molecular weight is 352 g/mol. The molecule has 0 bridgehead atoms. The topological polar surface area (TPSA) is 73.6 Å². The van der Waals surface area contributed by atoms with Crippen molar-refractivity contribution in [3.63, 3.8) is 0 Å². The van der Waals surface area contributed by atoms with E-state index in [2.05, 4.69) is 10.5 Å². The van der Waals surface area contributed by atoms with Crippen LogP contribution in [-0.4, -0.2) is 25.3 Å². The highest BCUT2D eigenvalue weighted by Crippen LogP contribution is 2.29. The Morgan fingerprint density at radius 1 is 1.00 bits per heavy atom. The van der Waals surface area contributed by atoms with Gasteiger partial charge in [-0.05, 0) is 43.2 Å². The summed E-state index contributed by atoms with van der Waals surface area (Å²) in [6.45, 7) is 4.07. The summed E-state index contributed by atoms with van der Waals surface area (Å²) in [5.74, 6) is 1.28. The first-order chi connectivity index (χ1) is 12.5. The summed E-state index contributed by atoms with van der Waals surface area (Å²) in [5.41, 5.74) is 3.89. The number of hydrogen-bond donors (Lipinski definition) is 1. The zero-order chi connectivity index (χ0) is 18.7. The fraction of sp³-hybridized carbons (Fsp3) is 0.200. The quantitative estimate of drug-likeness (QED) is 0.744. The van der Waals surface area contributed by atoms with E-state index in [0.717, 1.165) is 11.1 Å². The number of rotatable bonds is 5. The van der Waals surface area contributed by atoms with E-state index in [0.29, 0.717) is 22.9 Å². The number of amides is 1. The normalized spacial score (nSPS) is 10.5. The number of hydrogen-bond acceptors (Lipinski definition) is 5. The maximum atomic E-state index is 12.5. The molecule has 0 aliphatic carbocycles. The van der Waals surface area contributed by atoms with Crippen molar-refractivity contribution in [1.82, 2.24) is 5.16 Å². The van der Waals surface area contributed by atoms with Crippen molar-refractivity contribution >= 4 is 11.6 Å². The highest BCUT2D eigenvalue weighted by Gasteiger charge is 2.16. The largest absolute Gasteiger partial charge is 0.497 e. The highest BCUT2D eigenvalue weighted by molar-refractivity contribution is 6.04. The molecule has 0 aliphatic rings. The minimum atomic E-state index is -0.393. The van der Waals surface area contributed by atoms with Crippen molar-refractivity contribution < 1.29 is 18.8 Å².